The van der Waals surface area contributed by atoms with E-state index >= 15 is 0 Å². The molecule has 0 heterocycles. The van der Waals surface area contributed by atoms with Crippen molar-refractivity contribution in [2.45, 2.75) is 11.0 Å². The number of halogens is 7. The second-order valence-corrected chi connectivity index (χ2v) is 4.87. The van der Waals surface area contributed by atoms with Gasteiger partial charge < -0.3 is 0 Å². The lowest BCUT2D eigenvalue weighted by Crippen LogP contribution is -2.16. The Morgan fingerprint density at radius 3 is 2.27 bits per heavy atom. The molecule has 0 saturated carbocycles. The third-order valence-corrected chi connectivity index (χ3v) is 3.81. The molecule has 0 N–H and O–H groups in total. The molecular weight excluding hydrogens is 367 g/mol. The molecule has 1 aromatic rings. The van der Waals surface area contributed by atoms with Crippen molar-refractivity contribution in [3.8, 4) is 0 Å². The summed E-state index contributed by atoms with van der Waals surface area (Å²) in [6, 6.07) is 1.84. The minimum Gasteiger partial charge on any atom is -0.207 e. The molecule has 0 aliphatic rings. The maximum Gasteiger partial charge on any atom is 0.405 e. The Hall–Kier alpha value is 0.190. The Bertz CT molecular complexity index is 378. The van der Waals surface area contributed by atoms with E-state index in [0.29, 0.717) is 0 Å². The van der Waals surface area contributed by atoms with E-state index < -0.39 is 22.4 Å². The molecule has 84 valence electrons. The van der Waals surface area contributed by atoms with Crippen molar-refractivity contribution in [3.63, 3.8) is 0 Å². The second kappa shape index (κ2) is 4.59. The molecular formula is C8H3Br2ClF4. The molecule has 0 spiro atoms. The molecule has 1 atom stereocenters. The van der Waals surface area contributed by atoms with Crippen LogP contribution < -0.4 is 0 Å². The third kappa shape index (κ3) is 3.07. The smallest absolute Gasteiger partial charge is 0.207 e. The van der Waals surface area contributed by atoms with Crippen molar-refractivity contribution in [2.24, 2.45) is 0 Å². The number of hydrogen-bond donors (Lipinski definition) is 0. The van der Waals surface area contributed by atoms with Crippen LogP contribution in [0.2, 0.25) is 5.02 Å². The van der Waals surface area contributed by atoms with Gasteiger partial charge in [-0.05, 0) is 28.1 Å². The van der Waals surface area contributed by atoms with Crippen LogP contribution in [0.1, 0.15) is 10.4 Å². The molecule has 15 heavy (non-hydrogen) atoms. The summed E-state index contributed by atoms with van der Waals surface area (Å²) < 4.78 is 50.2. The average Bonchev–Trinajstić information content (AvgIpc) is 2.08. The predicted molar refractivity (Wildman–Crippen MR) is 56.8 cm³/mol. The van der Waals surface area contributed by atoms with Crippen LogP contribution in [-0.2, 0) is 0 Å². The zero-order valence-corrected chi connectivity index (χ0v) is 10.8. The fourth-order valence-corrected chi connectivity index (χ4v) is 1.75. The van der Waals surface area contributed by atoms with Crippen LogP contribution in [0.5, 0.6) is 0 Å². The standard InChI is InChI=1S/C8H3Br2ClF4/c9-4-2-6(12)3(1-5(4)11)7(10)8(13,14)15/h1-2,7H. The van der Waals surface area contributed by atoms with E-state index in [-0.39, 0.29) is 9.50 Å². The summed E-state index contributed by atoms with van der Waals surface area (Å²) in [7, 11) is 0. The maximum absolute atomic E-state index is 13.2. The summed E-state index contributed by atoms with van der Waals surface area (Å²) in [6.45, 7) is 0. The Morgan fingerprint density at radius 2 is 1.80 bits per heavy atom. The predicted octanol–water partition coefficient (Wildman–Crippen LogP) is 5.24. The minimum absolute atomic E-state index is 0.0279. The fourth-order valence-electron chi connectivity index (χ4n) is 0.908. The molecule has 7 heteroatoms. The molecule has 0 aromatic heterocycles. The fraction of sp³-hybridized carbons (Fsp3) is 0.250. The Kier molecular flexibility index (Phi) is 4.06. The number of hydrogen-bond acceptors (Lipinski definition) is 0. The highest BCUT2D eigenvalue weighted by Gasteiger charge is 2.40. The highest BCUT2D eigenvalue weighted by atomic mass is 79.9. The largest absolute Gasteiger partial charge is 0.405 e. The van der Waals surface area contributed by atoms with Crippen molar-refractivity contribution in [1.29, 1.82) is 0 Å². The topological polar surface area (TPSA) is 0 Å². The maximum atomic E-state index is 13.2. The molecule has 0 radical (unpaired) electrons. The van der Waals surface area contributed by atoms with Crippen LogP contribution in [-0.4, -0.2) is 6.18 Å². The molecule has 0 bridgehead atoms. The van der Waals surface area contributed by atoms with Gasteiger partial charge in [0.25, 0.3) is 0 Å². The highest BCUT2D eigenvalue weighted by Crippen LogP contribution is 2.42. The van der Waals surface area contributed by atoms with E-state index in [4.69, 9.17) is 11.6 Å². The van der Waals surface area contributed by atoms with Crippen LogP contribution in [0.4, 0.5) is 17.6 Å². The van der Waals surface area contributed by atoms with Crippen molar-refractivity contribution in [1.82, 2.24) is 0 Å². The molecule has 0 saturated heterocycles. The van der Waals surface area contributed by atoms with Crippen molar-refractivity contribution < 1.29 is 17.6 Å². The summed E-state index contributed by atoms with van der Waals surface area (Å²) in [5.74, 6) is -0.967. The zero-order chi connectivity index (χ0) is 11.8. The van der Waals surface area contributed by atoms with Crippen molar-refractivity contribution in [3.05, 3.63) is 33.0 Å². The van der Waals surface area contributed by atoms with E-state index in [1.54, 1.807) is 0 Å². The number of rotatable bonds is 1. The van der Waals surface area contributed by atoms with Crippen molar-refractivity contribution in [2.75, 3.05) is 0 Å². The van der Waals surface area contributed by atoms with E-state index in [1.807, 2.05) is 0 Å². The number of benzene rings is 1. The first-order valence-electron chi connectivity index (χ1n) is 3.58. The van der Waals surface area contributed by atoms with Crippen LogP contribution in [0.15, 0.2) is 16.6 Å². The third-order valence-electron chi connectivity index (χ3n) is 1.60. The first-order chi connectivity index (χ1) is 6.73. The molecule has 1 rings (SSSR count). The van der Waals surface area contributed by atoms with E-state index in [1.165, 1.54) is 0 Å². The monoisotopic (exact) mass is 368 g/mol. The van der Waals surface area contributed by atoms with Crippen LogP contribution >= 0.6 is 43.5 Å². The van der Waals surface area contributed by atoms with Crippen LogP contribution in [0.3, 0.4) is 0 Å². The SMILES string of the molecule is Fc1cc(Br)c(Cl)cc1C(Br)C(F)(F)F. The van der Waals surface area contributed by atoms with E-state index in [9.17, 15) is 17.6 Å². The van der Waals surface area contributed by atoms with E-state index in [0.717, 1.165) is 12.1 Å². The van der Waals surface area contributed by atoms with Gasteiger partial charge in [-0.1, -0.05) is 27.5 Å². The average molecular weight is 370 g/mol. The van der Waals surface area contributed by atoms with Crippen molar-refractivity contribution >= 4 is 43.5 Å². The minimum atomic E-state index is -4.56. The van der Waals surface area contributed by atoms with Gasteiger partial charge in [-0.15, -0.1) is 0 Å². The normalized spacial score (nSPS) is 14.1. The highest BCUT2D eigenvalue weighted by molar-refractivity contribution is 9.10. The molecule has 0 fully saturated rings. The summed E-state index contributed by atoms with van der Waals surface area (Å²) in [5, 5.41) is 0.0279. The summed E-state index contributed by atoms with van der Waals surface area (Å²) in [4.78, 5) is -2.06. The van der Waals surface area contributed by atoms with Gasteiger partial charge >= 0.3 is 6.18 Å². The quantitative estimate of drug-likeness (QED) is 0.360. The lowest BCUT2D eigenvalue weighted by molar-refractivity contribution is -0.128. The Balaban J connectivity index is 3.21. The van der Waals surface area contributed by atoms with Gasteiger partial charge in [0.2, 0.25) is 0 Å². The summed E-state index contributed by atoms with van der Waals surface area (Å²) in [5.41, 5.74) is -0.532. The molecule has 0 amide bonds. The van der Waals surface area contributed by atoms with E-state index in [2.05, 4.69) is 31.9 Å². The summed E-state index contributed by atoms with van der Waals surface area (Å²) in [6.07, 6.45) is -4.56. The first-order valence-corrected chi connectivity index (χ1v) is 5.67. The Labute approximate surface area is 105 Å². The molecule has 1 unspecified atom stereocenters. The van der Waals surface area contributed by atoms with Crippen LogP contribution in [0.25, 0.3) is 0 Å². The van der Waals surface area contributed by atoms with Gasteiger partial charge in [0.15, 0.2) is 0 Å². The van der Waals surface area contributed by atoms with Gasteiger partial charge in [0.1, 0.15) is 10.6 Å². The molecule has 1 aromatic carbocycles. The van der Waals surface area contributed by atoms with Gasteiger partial charge in [-0.3, -0.25) is 0 Å². The zero-order valence-electron chi connectivity index (χ0n) is 6.88. The van der Waals surface area contributed by atoms with Gasteiger partial charge in [0.05, 0.1) is 5.02 Å². The number of alkyl halides is 4. The van der Waals surface area contributed by atoms with Gasteiger partial charge in [0, 0.05) is 10.0 Å². The second-order valence-electron chi connectivity index (χ2n) is 2.69. The van der Waals surface area contributed by atoms with Crippen LogP contribution in [0, 0.1) is 5.82 Å². The molecule has 0 aliphatic heterocycles. The van der Waals surface area contributed by atoms with Gasteiger partial charge in [-0.2, -0.15) is 13.2 Å². The summed E-state index contributed by atoms with van der Waals surface area (Å²) >= 11 is 10.9. The van der Waals surface area contributed by atoms with Gasteiger partial charge in [-0.25, -0.2) is 4.39 Å². The lowest BCUT2D eigenvalue weighted by Gasteiger charge is -2.15. The Morgan fingerprint density at radius 1 is 1.27 bits per heavy atom. The first kappa shape index (κ1) is 13.3. The lowest BCUT2D eigenvalue weighted by atomic mass is 10.1. The molecule has 0 aliphatic carbocycles. The molecule has 0 nitrogen and oxygen atoms in total.